The predicted octanol–water partition coefficient (Wildman–Crippen LogP) is 5.14. The predicted molar refractivity (Wildman–Crippen MR) is 124 cm³/mol. The van der Waals surface area contributed by atoms with E-state index in [-0.39, 0.29) is 6.42 Å². The molecular formula is C26H22N2O3. The van der Waals surface area contributed by atoms with Crippen molar-refractivity contribution in [3.8, 4) is 28.7 Å². The van der Waals surface area contributed by atoms with E-state index in [0.29, 0.717) is 12.3 Å². The van der Waals surface area contributed by atoms with Crippen LogP contribution in [-0.2, 0) is 17.6 Å². The van der Waals surface area contributed by atoms with Crippen molar-refractivity contribution in [1.29, 1.82) is 0 Å². The lowest BCUT2D eigenvalue weighted by Gasteiger charge is -2.22. The number of rotatable bonds is 5. The minimum absolute atomic E-state index is 0.111. The molecule has 1 aliphatic rings. The van der Waals surface area contributed by atoms with Crippen molar-refractivity contribution in [2.24, 2.45) is 4.99 Å². The fraction of sp³-hybridized carbons (Fsp3) is 0.192. The summed E-state index contributed by atoms with van der Waals surface area (Å²) in [5.41, 5.74) is 6.62. The van der Waals surface area contributed by atoms with Crippen LogP contribution in [-0.4, -0.2) is 28.9 Å². The van der Waals surface area contributed by atoms with E-state index in [1.165, 1.54) is 5.56 Å². The third-order valence-corrected chi connectivity index (χ3v) is 5.46. The van der Waals surface area contributed by atoms with E-state index in [0.717, 1.165) is 50.9 Å². The van der Waals surface area contributed by atoms with E-state index in [1.807, 2.05) is 31.2 Å². The topological polar surface area (TPSA) is 71.8 Å². The molecule has 154 valence electrons. The molecule has 0 saturated carbocycles. The van der Waals surface area contributed by atoms with Gasteiger partial charge in [-0.05, 0) is 60.4 Å². The van der Waals surface area contributed by atoms with Crippen LogP contribution in [0.1, 0.15) is 29.2 Å². The Kier molecular flexibility index (Phi) is 5.55. The van der Waals surface area contributed by atoms with E-state index in [4.69, 9.17) is 4.74 Å². The average Bonchev–Trinajstić information content (AvgIpc) is 2.76. The normalized spacial score (nSPS) is 12.3. The van der Waals surface area contributed by atoms with Crippen LogP contribution in [0.15, 0.2) is 42.0 Å². The lowest BCUT2D eigenvalue weighted by molar-refractivity contribution is -0.136. The van der Waals surface area contributed by atoms with E-state index < -0.39 is 5.97 Å². The molecule has 0 saturated heterocycles. The van der Waals surface area contributed by atoms with Crippen LogP contribution < -0.4 is 4.74 Å². The monoisotopic (exact) mass is 410 g/mol. The summed E-state index contributed by atoms with van der Waals surface area (Å²) < 4.78 is 5.86. The maximum Gasteiger partial charge on any atom is 0.307 e. The maximum atomic E-state index is 11.7. The fourth-order valence-electron chi connectivity index (χ4n) is 4.13. The molecule has 2 heterocycles. The molecule has 3 aromatic rings. The molecule has 31 heavy (non-hydrogen) atoms. The first-order chi connectivity index (χ1) is 15.0. The lowest BCUT2D eigenvalue weighted by atomic mass is 9.86. The van der Waals surface area contributed by atoms with Gasteiger partial charge in [0.15, 0.2) is 0 Å². The summed E-state index contributed by atoms with van der Waals surface area (Å²) in [6, 6.07) is 7.79. The summed E-state index contributed by atoms with van der Waals surface area (Å²) in [6.45, 7) is 8.28. The number of carboxylic acids is 1. The average molecular weight is 410 g/mol. The summed E-state index contributed by atoms with van der Waals surface area (Å²) in [5.74, 6) is 5.54. The van der Waals surface area contributed by atoms with Gasteiger partial charge in [-0.3, -0.25) is 9.78 Å². The van der Waals surface area contributed by atoms with E-state index in [9.17, 15) is 9.90 Å². The van der Waals surface area contributed by atoms with Gasteiger partial charge in [0.1, 0.15) is 5.75 Å². The van der Waals surface area contributed by atoms with Gasteiger partial charge in [0.25, 0.3) is 0 Å². The summed E-state index contributed by atoms with van der Waals surface area (Å²) in [5, 5.41) is 10.6. The Morgan fingerprint density at radius 2 is 2.23 bits per heavy atom. The zero-order chi connectivity index (χ0) is 22.0. The molecule has 0 aliphatic carbocycles. The number of ether oxygens (including phenoxy) is 1. The molecule has 2 aromatic carbocycles. The van der Waals surface area contributed by atoms with Crippen LogP contribution in [0.4, 0.5) is 5.69 Å². The van der Waals surface area contributed by atoms with E-state index >= 15 is 0 Å². The van der Waals surface area contributed by atoms with Gasteiger partial charge in [-0.2, -0.15) is 0 Å². The van der Waals surface area contributed by atoms with Crippen LogP contribution in [0.25, 0.3) is 28.1 Å². The van der Waals surface area contributed by atoms with Gasteiger partial charge in [0.05, 0.1) is 30.4 Å². The Morgan fingerprint density at radius 3 is 2.97 bits per heavy atom. The Balaban J connectivity index is 2.10. The highest BCUT2D eigenvalue weighted by molar-refractivity contribution is 6.03. The molecule has 0 fully saturated rings. The third kappa shape index (κ3) is 3.69. The van der Waals surface area contributed by atoms with Crippen molar-refractivity contribution < 1.29 is 14.6 Å². The standard InChI is InChI=1S/C26H22N2O3/c1-4-6-11-27-21-14-16(3)20(15-23(29)30)25(18(21)5-2)19-7-8-22-24-17(10-13-31-22)9-12-28-26(19)24/h5,7-9,11-12,14H,2,10,13,15H2,1,3H3,(H,29,30)/b27-11+. The van der Waals surface area contributed by atoms with Crippen LogP contribution in [0.2, 0.25) is 0 Å². The molecule has 1 aliphatic heterocycles. The summed E-state index contributed by atoms with van der Waals surface area (Å²) in [6.07, 6.45) is 5.77. The first-order valence-electron chi connectivity index (χ1n) is 10.0. The van der Waals surface area contributed by atoms with Gasteiger partial charge in [-0.15, -0.1) is 5.92 Å². The number of benzene rings is 2. The third-order valence-electron chi connectivity index (χ3n) is 5.46. The molecule has 0 unspecified atom stereocenters. The molecule has 4 rings (SSSR count). The summed E-state index contributed by atoms with van der Waals surface area (Å²) in [7, 11) is 0. The van der Waals surface area contributed by atoms with Gasteiger partial charge in [0, 0.05) is 29.1 Å². The Labute approximate surface area is 181 Å². The number of hydrogen-bond acceptors (Lipinski definition) is 4. The molecule has 5 heteroatoms. The lowest BCUT2D eigenvalue weighted by Crippen LogP contribution is -2.10. The number of carbonyl (C=O) groups is 1. The number of aliphatic carboxylic acids is 1. The molecule has 1 N–H and O–H groups in total. The molecule has 1 aromatic heterocycles. The minimum atomic E-state index is -0.897. The van der Waals surface area contributed by atoms with Gasteiger partial charge in [0.2, 0.25) is 0 Å². The number of pyridine rings is 1. The highest BCUT2D eigenvalue weighted by atomic mass is 16.5. The van der Waals surface area contributed by atoms with Crippen LogP contribution in [0.5, 0.6) is 5.75 Å². The molecule has 0 amide bonds. The number of aryl methyl sites for hydroxylation is 1. The van der Waals surface area contributed by atoms with Crippen molar-refractivity contribution in [1.82, 2.24) is 4.98 Å². The number of aromatic nitrogens is 1. The largest absolute Gasteiger partial charge is 0.493 e. The fourth-order valence-corrected chi connectivity index (χ4v) is 4.13. The zero-order valence-corrected chi connectivity index (χ0v) is 17.5. The smallest absolute Gasteiger partial charge is 0.307 e. The molecule has 0 bridgehead atoms. The van der Waals surface area contributed by atoms with Crippen molar-refractivity contribution in [3.05, 3.63) is 59.3 Å². The molecular weight excluding hydrogens is 388 g/mol. The number of carboxylic acid groups (broad SMARTS) is 1. The van der Waals surface area contributed by atoms with E-state index in [1.54, 1.807) is 25.4 Å². The summed E-state index contributed by atoms with van der Waals surface area (Å²) >= 11 is 0. The van der Waals surface area contributed by atoms with Crippen LogP contribution >= 0.6 is 0 Å². The van der Waals surface area contributed by atoms with Gasteiger partial charge in [-0.25, -0.2) is 4.99 Å². The molecule has 0 atom stereocenters. The van der Waals surface area contributed by atoms with Crippen molar-refractivity contribution in [3.63, 3.8) is 0 Å². The van der Waals surface area contributed by atoms with Crippen LogP contribution in [0, 0.1) is 18.8 Å². The SMILES string of the molecule is C=Cc1c(/N=C/C#CC)cc(C)c(CC(=O)O)c1-c1ccc2c3c(ccnc13)CCO2. The quantitative estimate of drug-likeness (QED) is 0.467. The first-order valence-corrected chi connectivity index (χ1v) is 10.0. The molecule has 0 radical (unpaired) electrons. The minimum Gasteiger partial charge on any atom is -0.493 e. The Hall–Kier alpha value is -3.91. The van der Waals surface area contributed by atoms with Crippen molar-refractivity contribution in [2.45, 2.75) is 26.7 Å². The highest BCUT2D eigenvalue weighted by Crippen LogP contribution is 2.43. The van der Waals surface area contributed by atoms with E-state index in [2.05, 4.69) is 28.4 Å². The Bertz CT molecular complexity index is 1300. The second kappa shape index (κ2) is 8.45. The van der Waals surface area contributed by atoms with Crippen molar-refractivity contribution >= 4 is 34.9 Å². The summed E-state index contributed by atoms with van der Waals surface area (Å²) in [4.78, 5) is 20.9. The van der Waals surface area contributed by atoms with Gasteiger partial charge >= 0.3 is 5.97 Å². The Morgan fingerprint density at radius 1 is 1.39 bits per heavy atom. The second-order valence-corrected chi connectivity index (χ2v) is 7.31. The van der Waals surface area contributed by atoms with Crippen molar-refractivity contribution in [2.75, 3.05) is 6.61 Å². The molecule has 5 nitrogen and oxygen atoms in total. The highest BCUT2D eigenvalue weighted by Gasteiger charge is 2.23. The number of nitrogens with zero attached hydrogens (tertiary/aromatic N) is 2. The maximum absolute atomic E-state index is 11.7. The molecule has 0 spiro atoms. The van der Waals surface area contributed by atoms with Gasteiger partial charge < -0.3 is 9.84 Å². The number of hydrogen-bond donors (Lipinski definition) is 1. The zero-order valence-electron chi connectivity index (χ0n) is 17.5. The number of aliphatic imine (C=N–C) groups is 1. The van der Waals surface area contributed by atoms with Gasteiger partial charge in [-0.1, -0.05) is 18.6 Å². The first kappa shape index (κ1) is 20.4. The van der Waals surface area contributed by atoms with Crippen LogP contribution in [0.3, 0.4) is 0 Å². The second-order valence-electron chi connectivity index (χ2n) is 7.31.